The molecule has 0 atom stereocenters. The van der Waals surface area contributed by atoms with Crippen LogP contribution >= 0.6 is 0 Å². The average Bonchev–Trinajstić information content (AvgIpc) is 2.78. The molecule has 0 heterocycles. The standard InChI is InChI=1S/C26H30F4O/c1-3-5-6-7-17-8-10-18(11-9-17)19-12-13-20(24(28)23(19)27)21-14-15-22(31-16-4-2)26(30)25(21)29/h3,5,12-15,17-18H,4,6-11,16H2,1-2H3/b5-3+. The highest BCUT2D eigenvalue weighted by Gasteiger charge is 2.27. The molecule has 168 valence electrons. The van der Waals surface area contributed by atoms with E-state index in [4.69, 9.17) is 4.74 Å². The molecular weight excluding hydrogens is 404 g/mol. The Morgan fingerprint density at radius 1 is 0.871 bits per heavy atom. The van der Waals surface area contributed by atoms with Crippen molar-refractivity contribution >= 4 is 0 Å². The van der Waals surface area contributed by atoms with Gasteiger partial charge in [0.2, 0.25) is 5.82 Å². The first-order valence-corrected chi connectivity index (χ1v) is 11.2. The van der Waals surface area contributed by atoms with E-state index in [9.17, 15) is 17.6 Å². The normalized spacial score (nSPS) is 19.2. The average molecular weight is 435 g/mol. The zero-order valence-electron chi connectivity index (χ0n) is 18.2. The molecule has 0 aliphatic heterocycles. The number of rotatable bonds is 8. The van der Waals surface area contributed by atoms with Crippen LogP contribution in [0.25, 0.3) is 11.1 Å². The van der Waals surface area contributed by atoms with Crippen molar-refractivity contribution in [1.29, 1.82) is 0 Å². The quantitative estimate of drug-likeness (QED) is 0.300. The van der Waals surface area contributed by atoms with E-state index in [1.165, 1.54) is 24.3 Å². The van der Waals surface area contributed by atoms with E-state index >= 15 is 0 Å². The maximum atomic E-state index is 14.9. The van der Waals surface area contributed by atoms with Crippen molar-refractivity contribution in [3.63, 3.8) is 0 Å². The molecule has 0 radical (unpaired) electrons. The molecule has 1 nitrogen and oxygen atoms in total. The molecule has 0 aromatic heterocycles. The minimum absolute atomic E-state index is 0.0482. The highest BCUT2D eigenvalue weighted by Crippen LogP contribution is 2.41. The van der Waals surface area contributed by atoms with Crippen LogP contribution in [0.15, 0.2) is 36.4 Å². The van der Waals surface area contributed by atoms with E-state index in [-0.39, 0.29) is 29.4 Å². The minimum atomic E-state index is -1.23. The van der Waals surface area contributed by atoms with Crippen molar-refractivity contribution in [1.82, 2.24) is 0 Å². The molecule has 0 amide bonds. The molecule has 1 fully saturated rings. The van der Waals surface area contributed by atoms with Crippen LogP contribution in [0.4, 0.5) is 17.6 Å². The van der Waals surface area contributed by atoms with Gasteiger partial charge in [0.05, 0.1) is 6.61 Å². The van der Waals surface area contributed by atoms with Gasteiger partial charge in [0, 0.05) is 11.1 Å². The summed E-state index contributed by atoms with van der Waals surface area (Å²) in [4.78, 5) is 0. The molecule has 0 N–H and O–H groups in total. The van der Waals surface area contributed by atoms with Crippen molar-refractivity contribution in [3.05, 3.63) is 65.2 Å². The van der Waals surface area contributed by atoms with Gasteiger partial charge in [0.1, 0.15) is 0 Å². The topological polar surface area (TPSA) is 9.23 Å². The van der Waals surface area contributed by atoms with Crippen LogP contribution < -0.4 is 4.74 Å². The Morgan fingerprint density at radius 3 is 2.16 bits per heavy atom. The van der Waals surface area contributed by atoms with E-state index in [0.717, 1.165) is 38.5 Å². The molecule has 3 rings (SSSR count). The summed E-state index contributed by atoms with van der Waals surface area (Å²) in [6.45, 7) is 4.09. The van der Waals surface area contributed by atoms with Gasteiger partial charge < -0.3 is 4.74 Å². The van der Waals surface area contributed by atoms with Gasteiger partial charge in [-0.15, -0.1) is 0 Å². The molecule has 1 aliphatic carbocycles. The largest absolute Gasteiger partial charge is 0.490 e. The summed E-state index contributed by atoms with van der Waals surface area (Å²) in [6.07, 6.45) is 10.6. The molecule has 0 saturated heterocycles. The van der Waals surface area contributed by atoms with Gasteiger partial charge in [-0.3, -0.25) is 0 Å². The summed E-state index contributed by atoms with van der Waals surface area (Å²) in [7, 11) is 0. The lowest BCUT2D eigenvalue weighted by Crippen LogP contribution is -2.15. The zero-order chi connectivity index (χ0) is 22.4. The summed E-state index contributed by atoms with van der Waals surface area (Å²) in [5.41, 5.74) is -0.256. The van der Waals surface area contributed by atoms with Crippen LogP contribution in [0.3, 0.4) is 0 Å². The van der Waals surface area contributed by atoms with Gasteiger partial charge in [-0.2, -0.15) is 4.39 Å². The van der Waals surface area contributed by atoms with E-state index < -0.39 is 23.3 Å². The van der Waals surface area contributed by atoms with Crippen molar-refractivity contribution in [3.8, 4) is 16.9 Å². The fourth-order valence-electron chi connectivity index (χ4n) is 4.41. The highest BCUT2D eigenvalue weighted by atomic mass is 19.2. The molecule has 0 bridgehead atoms. The molecule has 0 spiro atoms. The lowest BCUT2D eigenvalue weighted by Gasteiger charge is -2.29. The van der Waals surface area contributed by atoms with Crippen LogP contribution in [0.1, 0.15) is 70.3 Å². The number of hydrogen-bond acceptors (Lipinski definition) is 1. The first-order chi connectivity index (χ1) is 15.0. The molecule has 0 unspecified atom stereocenters. The zero-order valence-corrected chi connectivity index (χ0v) is 18.2. The van der Waals surface area contributed by atoms with E-state index in [0.29, 0.717) is 17.9 Å². The fourth-order valence-corrected chi connectivity index (χ4v) is 4.41. The predicted octanol–water partition coefficient (Wildman–Crippen LogP) is 8.33. The third-order valence-corrected chi connectivity index (χ3v) is 6.17. The Bertz CT molecular complexity index is 914. The second-order valence-electron chi connectivity index (χ2n) is 8.28. The first-order valence-electron chi connectivity index (χ1n) is 11.2. The molecule has 1 saturated carbocycles. The van der Waals surface area contributed by atoms with Crippen molar-refractivity contribution in [2.24, 2.45) is 5.92 Å². The molecule has 5 heteroatoms. The lowest BCUT2D eigenvalue weighted by atomic mass is 9.77. The minimum Gasteiger partial charge on any atom is -0.490 e. The monoisotopic (exact) mass is 434 g/mol. The van der Waals surface area contributed by atoms with Gasteiger partial charge in [-0.05, 0) is 81.4 Å². The van der Waals surface area contributed by atoms with Crippen molar-refractivity contribution < 1.29 is 22.3 Å². The summed E-state index contributed by atoms with van der Waals surface area (Å²) in [5, 5.41) is 0. The van der Waals surface area contributed by atoms with Crippen LogP contribution in [0.2, 0.25) is 0 Å². The van der Waals surface area contributed by atoms with Crippen molar-refractivity contribution in [2.45, 2.75) is 64.7 Å². The SMILES string of the molecule is C/C=C/CCC1CCC(c2ccc(-c3ccc(OCCC)c(F)c3F)c(F)c2F)CC1. The van der Waals surface area contributed by atoms with Crippen LogP contribution in [-0.4, -0.2) is 6.61 Å². The van der Waals surface area contributed by atoms with Gasteiger partial charge >= 0.3 is 0 Å². The number of halogens is 4. The maximum absolute atomic E-state index is 14.9. The molecule has 31 heavy (non-hydrogen) atoms. The third-order valence-electron chi connectivity index (χ3n) is 6.17. The van der Waals surface area contributed by atoms with Crippen LogP contribution in [-0.2, 0) is 0 Å². The highest BCUT2D eigenvalue weighted by molar-refractivity contribution is 5.66. The number of hydrogen-bond donors (Lipinski definition) is 0. The summed E-state index contributed by atoms with van der Waals surface area (Å²) in [5.74, 6) is -4.17. The second-order valence-corrected chi connectivity index (χ2v) is 8.28. The number of ether oxygens (including phenoxy) is 1. The summed E-state index contributed by atoms with van der Waals surface area (Å²) >= 11 is 0. The molecular formula is C26H30F4O. The summed E-state index contributed by atoms with van der Waals surface area (Å²) < 4.78 is 63.9. The lowest BCUT2D eigenvalue weighted by molar-refractivity contribution is 0.295. The van der Waals surface area contributed by atoms with Gasteiger partial charge in [0.25, 0.3) is 0 Å². The van der Waals surface area contributed by atoms with Crippen molar-refractivity contribution in [2.75, 3.05) is 6.61 Å². The Kier molecular flexibility index (Phi) is 8.16. The van der Waals surface area contributed by atoms with E-state index in [2.05, 4.69) is 6.08 Å². The van der Waals surface area contributed by atoms with Gasteiger partial charge in [0.15, 0.2) is 23.2 Å². The van der Waals surface area contributed by atoms with Gasteiger partial charge in [-0.1, -0.05) is 31.2 Å². The van der Waals surface area contributed by atoms with Crippen LogP contribution in [0.5, 0.6) is 5.75 Å². The van der Waals surface area contributed by atoms with Crippen LogP contribution in [0, 0.1) is 29.2 Å². The fraction of sp³-hybridized carbons (Fsp3) is 0.462. The summed E-state index contributed by atoms with van der Waals surface area (Å²) in [6, 6.07) is 5.37. The number of benzene rings is 2. The Hall–Kier alpha value is -2.30. The predicted molar refractivity (Wildman–Crippen MR) is 116 cm³/mol. The smallest absolute Gasteiger partial charge is 0.201 e. The molecule has 2 aromatic carbocycles. The Balaban J connectivity index is 1.78. The maximum Gasteiger partial charge on any atom is 0.201 e. The Morgan fingerprint density at radius 2 is 1.52 bits per heavy atom. The second kappa shape index (κ2) is 10.8. The number of allylic oxidation sites excluding steroid dienone is 2. The molecule has 1 aliphatic rings. The third kappa shape index (κ3) is 5.31. The Labute approximate surface area is 182 Å². The first kappa shape index (κ1) is 23.4. The molecule has 2 aromatic rings. The van der Waals surface area contributed by atoms with E-state index in [1.54, 1.807) is 0 Å². The van der Waals surface area contributed by atoms with E-state index in [1.807, 2.05) is 19.9 Å². The van der Waals surface area contributed by atoms with Gasteiger partial charge in [-0.25, -0.2) is 13.2 Å².